The fourth-order valence-corrected chi connectivity index (χ4v) is 2.76. The average molecular weight is 320 g/mol. The molecule has 3 rings (SSSR count). The Balaban J connectivity index is 2.10. The molecule has 0 saturated heterocycles. The lowest BCUT2D eigenvalue weighted by Gasteiger charge is -2.19. The van der Waals surface area contributed by atoms with Gasteiger partial charge in [0.15, 0.2) is 0 Å². The summed E-state index contributed by atoms with van der Waals surface area (Å²) in [6.45, 7) is 2.36. The van der Waals surface area contributed by atoms with Gasteiger partial charge in [-0.1, -0.05) is 34.1 Å². The smallest absolute Gasteiger partial charge is 0.261 e. The lowest BCUT2D eigenvalue weighted by Crippen LogP contribution is -2.24. The molecule has 0 fully saturated rings. The van der Waals surface area contributed by atoms with Crippen LogP contribution in [0.4, 0.5) is 10.1 Å². The Morgan fingerprint density at radius 1 is 1.21 bits per heavy atom. The lowest BCUT2D eigenvalue weighted by atomic mass is 10.1. The molecule has 1 aliphatic rings. The van der Waals surface area contributed by atoms with Crippen molar-refractivity contribution in [2.45, 2.75) is 13.5 Å². The Bertz CT molecular complexity index is 684. The summed E-state index contributed by atoms with van der Waals surface area (Å²) >= 11 is 3.45. The van der Waals surface area contributed by atoms with Crippen LogP contribution in [0.1, 0.15) is 21.5 Å². The molecule has 1 amide bonds. The highest BCUT2D eigenvalue weighted by Gasteiger charge is 2.31. The largest absolute Gasteiger partial charge is 0.304 e. The minimum Gasteiger partial charge on any atom is -0.304 e. The third-order valence-corrected chi connectivity index (χ3v) is 4.28. The Morgan fingerprint density at radius 3 is 2.68 bits per heavy atom. The number of nitrogens with zero attached hydrogens (tertiary/aromatic N) is 1. The third-order valence-electron chi connectivity index (χ3n) is 3.42. The van der Waals surface area contributed by atoms with E-state index in [-0.39, 0.29) is 11.5 Å². The molecule has 2 aromatic carbocycles. The second kappa shape index (κ2) is 4.46. The van der Waals surface area contributed by atoms with Crippen LogP contribution in [0, 0.1) is 12.7 Å². The number of anilines is 1. The number of halogens is 2. The van der Waals surface area contributed by atoms with Gasteiger partial charge in [-0.15, -0.1) is 0 Å². The van der Waals surface area contributed by atoms with Crippen LogP contribution in [0.2, 0.25) is 0 Å². The second-order valence-electron chi connectivity index (χ2n) is 4.55. The minimum absolute atomic E-state index is 0.196. The maximum atomic E-state index is 13.8. The van der Waals surface area contributed by atoms with E-state index in [1.807, 2.05) is 25.1 Å². The quantitative estimate of drug-likeness (QED) is 0.776. The summed E-state index contributed by atoms with van der Waals surface area (Å²) in [6.07, 6.45) is 0. The first-order valence-corrected chi connectivity index (χ1v) is 6.73. The first kappa shape index (κ1) is 12.4. The number of benzene rings is 2. The zero-order valence-electron chi connectivity index (χ0n) is 10.3. The molecule has 1 heterocycles. The van der Waals surface area contributed by atoms with Crippen molar-refractivity contribution in [1.82, 2.24) is 0 Å². The van der Waals surface area contributed by atoms with Crippen LogP contribution in [0.3, 0.4) is 0 Å². The molecule has 0 unspecified atom stereocenters. The van der Waals surface area contributed by atoms with Gasteiger partial charge in [-0.3, -0.25) is 4.79 Å². The van der Waals surface area contributed by atoms with Crippen molar-refractivity contribution in [2.24, 2.45) is 0 Å². The Labute approximate surface area is 119 Å². The summed E-state index contributed by atoms with van der Waals surface area (Å²) < 4.78 is 14.7. The van der Waals surface area contributed by atoms with Gasteiger partial charge in [0.1, 0.15) is 5.82 Å². The van der Waals surface area contributed by atoms with Gasteiger partial charge in [-0.2, -0.15) is 0 Å². The van der Waals surface area contributed by atoms with E-state index in [0.29, 0.717) is 6.54 Å². The van der Waals surface area contributed by atoms with E-state index in [2.05, 4.69) is 15.9 Å². The van der Waals surface area contributed by atoms with Crippen molar-refractivity contribution in [1.29, 1.82) is 0 Å². The van der Waals surface area contributed by atoms with Crippen molar-refractivity contribution >= 4 is 27.5 Å². The topological polar surface area (TPSA) is 20.3 Å². The molecular weight excluding hydrogens is 309 g/mol. The number of carbonyl (C=O) groups is 1. The molecule has 0 bridgehead atoms. The molecule has 0 atom stereocenters. The second-order valence-corrected chi connectivity index (χ2v) is 5.40. The summed E-state index contributed by atoms with van der Waals surface area (Å²) in [5, 5.41) is 0. The van der Waals surface area contributed by atoms with Crippen molar-refractivity contribution in [3.8, 4) is 0 Å². The molecular formula is C15H11BrFNO. The van der Waals surface area contributed by atoms with Crippen LogP contribution >= 0.6 is 15.9 Å². The third kappa shape index (κ3) is 1.87. The molecule has 0 N–H and O–H groups in total. The van der Waals surface area contributed by atoms with Crippen molar-refractivity contribution < 1.29 is 9.18 Å². The Morgan fingerprint density at radius 2 is 1.95 bits per heavy atom. The molecule has 96 valence electrons. The van der Waals surface area contributed by atoms with Crippen LogP contribution in [-0.4, -0.2) is 5.91 Å². The molecule has 0 aromatic heterocycles. The van der Waals surface area contributed by atoms with Gasteiger partial charge >= 0.3 is 0 Å². The molecule has 4 heteroatoms. The number of carbonyl (C=O) groups excluding carboxylic acids is 1. The highest BCUT2D eigenvalue weighted by atomic mass is 79.9. The van der Waals surface area contributed by atoms with E-state index in [1.165, 1.54) is 6.07 Å². The normalized spacial score (nSPS) is 13.8. The van der Waals surface area contributed by atoms with Gasteiger partial charge in [0.05, 0.1) is 12.1 Å². The summed E-state index contributed by atoms with van der Waals surface area (Å²) in [5.74, 6) is -0.716. The summed E-state index contributed by atoms with van der Waals surface area (Å²) in [6, 6.07) is 10.4. The van der Waals surface area contributed by atoms with Crippen molar-refractivity contribution in [2.75, 3.05) is 4.90 Å². The van der Waals surface area contributed by atoms with E-state index in [9.17, 15) is 9.18 Å². The summed E-state index contributed by atoms with van der Waals surface area (Å²) in [5.41, 5.74) is 2.73. The summed E-state index contributed by atoms with van der Waals surface area (Å²) in [4.78, 5) is 14.0. The molecule has 0 aliphatic carbocycles. The molecule has 0 spiro atoms. The molecule has 19 heavy (non-hydrogen) atoms. The Hall–Kier alpha value is -1.68. The molecule has 2 nitrogen and oxygen atoms in total. The van der Waals surface area contributed by atoms with Gasteiger partial charge < -0.3 is 4.90 Å². The highest BCUT2D eigenvalue weighted by molar-refractivity contribution is 9.10. The molecule has 2 aromatic rings. The van der Waals surface area contributed by atoms with Crippen LogP contribution in [0.25, 0.3) is 0 Å². The number of rotatable bonds is 1. The standard InChI is InChI=1S/C15H11BrFNO/c1-9-11(16)5-3-7-13(9)18-8-10-4-2-6-12(17)14(10)15(18)19/h2-7H,8H2,1H3. The fourth-order valence-electron chi connectivity index (χ4n) is 2.40. The van der Waals surface area contributed by atoms with Gasteiger partial charge in [0.2, 0.25) is 0 Å². The number of amides is 1. The maximum Gasteiger partial charge on any atom is 0.261 e. The maximum absolute atomic E-state index is 13.8. The average Bonchev–Trinajstić information content (AvgIpc) is 2.72. The minimum atomic E-state index is -0.447. The van der Waals surface area contributed by atoms with E-state index in [1.54, 1.807) is 17.0 Å². The number of hydrogen-bond donors (Lipinski definition) is 0. The monoisotopic (exact) mass is 319 g/mol. The van der Waals surface area contributed by atoms with E-state index in [4.69, 9.17) is 0 Å². The first-order valence-electron chi connectivity index (χ1n) is 5.94. The first-order chi connectivity index (χ1) is 9.09. The van der Waals surface area contributed by atoms with Crippen LogP contribution in [-0.2, 0) is 6.54 Å². The molecule has 1 aliphatic heterocycles. The molecule has 0 radical (unpaired) electrons. The predicted octanol–water partition coefficient (Wildman–Crippen LogP) is 4.06. The SMILES string of the molecule is Cc1c(Br)cccc1N1Cc2cccc(F)c2C1=O. The van der Waals surface area contributed by atoms with Crippen molar-refractivity contribution in [3.63, 3.8) is 0 Å². The van der Waals surface area contributed by atoms with Crippen LogP contribution in [0.15, 0.2) is 40.9 Å². The van der Waals surface area contributed by atoms with Crippen LogP contribution in [0.5, 0.6) is 0 Å². The highest BCUT2D eigenvalue weighted by Crippen LogP contribution is 2.34. The molecule has 0 saturated carbocycles. The lowest BCUT2D eigenvalue weighted by molar-refractivity contribution is 0.0993. The van der Waals surface area contributed by atoms with Crippen molar-refractivity contribution in [3.05, 3.63) is 63.4 Å². The van der Waals surface area contributed by atoms with Gasteiger partial charge in [-0.25, -0.2) is 4.39 Å². The predicted molar refractivity (Wildman–Crippen MR) is 75.8 cm³/mol. The van der Waals surface area contributed by atoms with Gasteiger partial charge in [0.25, 0.3) is 5.91 Å². The Kier molecular flexibility index (Phi) is 2.90. The summed E-state index contributed by atoms with van der Waals surface area (Å²) in [7, 11) is 0. The zero-order chi connectivity index (χ0) is 13.6. The van der Waals surface area contributed by atoms with Crippen LogP contribution < -0.4 is 4.90 Å². The van der Waals surface area contributed by atoms with E-state index < -0.39 is 5.82 Å². The van der Waals surface area contributed by atoms with E-state index in [0.717, 1.165) is 21.3 Å². The number of fused-ring (bicyclic) bond motifs is 1. The van der Waals surface area contributed by atoms with Gasteiger partial charge in [-0.05, 0) is 36.2 Å². The zero-order valence-corrected chi connectivity index (χ0v) is 11.9. The van der Waals surface area contributed by atoms with E-state index >= 15 is 0 Å². The number of hydrogen-bond acceptors (Lipinski definition) is 1. The van der Waals surface area contributed by atoms with Gasteiger partial charge in [0, 0.05) is 10.2 Å². The fraction of sp³-hybridized carbons (Fsp3) is 0.133.